The Kier molecular flexibility index (Phi) is 7.29. The monoisotopic (exact) mass is 438 g/mol. The SMILES string of the molecule is CCC[C@@H]1C[C@@H](N(C)C(C)C)CC[C@@H]1NC(=O)Cc1nc2c(C(F)(F)F)cccc2[nH]1. The Balaban J connectivity index is 1.67. The van der Waals surface area contributed by atoms with Crippen molar-refractivity contribution in [3.63, 3.8) is 0 Å². The van der Waals surface area contributed by atoms with E-state index in [0.717, 1.165) is 38.2 Å². The van der Waals surface area contributed by atoms with Crippen molar-refractivity contribution in [3.05, 3.63) is 29.6 Å². The molecule has 1 amide bonds. The molecule has 1 heterocycles. The molecule has 1 saturated carbocycles. The predicted octanol–water partition coefficient (Wildman–Crippen LogP) is 4.92. The summed E-state index contributed by atoms with van der Waals surface area (Å²) in [5.74, 6) is 0.459. The van der Waals surface area contributed by atoms with E-state index in [4.69, 9.17) is 0 Å². The summed E-state index contributed by atoms with van der Waals surface area (Å²) in [6.07, 6.45) is 0.550. The fraction of sp³-hybridized carbons (Fsp3) is 0.652. The number of nitrogens with zero attached hydrogens (tertiary/aromatic N) is 2. The number of imidazole rings is 1. The summed E-state index contributed by atoms with van der Waals surface area (Å²) in [7, 11) is 2.16. The zero-order valence-electron chi connectivity index (χ0n) is 18.7. The molecule has 8 heteroatoms. The van der Waals surface area contributed by atoms with Gasteiger partial charge in [-0.3, -0.25) is 4.79 Å². The number of hydrogen-bond donors (Lipinski definition) is 2. The lowest BCUT2D eigenvalue weighted by Crippen LogP contribution is -2.49. The van der Waals surface area contributed by atoms with Crippen molar-refractivity contribution < 1.29 is 18.0 Å². The highest BCUT2D eigenvalue weighted by atomic mass is 19.4. The Morgan fingerprint density at radius 3 is 2.71 bits per heavy atom. The minimum Gasteiger partial charge on any atom is -0.353 e. The second-order valence-electron chi connectivity index (χ2n) is 9.01. The van der Waals surface area contributed by atoms with Crippen molar-refractivity contribution in [1.82, 2.24) is 20.2 Å². The molecule has 0 bridgehead atoms. The molecule has 2 aromatic rings. The Labute approximate surface area is 181 Å². The maximum Gasteiger partial charge on any atom is 0.418 e. The number of nitrogens with one attached hydrogen (secondary N) is 2. The van der Waals surface area contributed by atoms with Crippen molar-refractivity contribution in [2.24, 2.45) is 5.92 Å². The van der Waals surface area contributed by atoms with E-state index in [9.17, 15) is 18.0 Å². The van der Waals surface area contributed by atoms with E-state index in [2.05, 4.69) is 48.0 Å². The summed E-state index contributed by atoms with van der Waals surface area (Å²) in [5, 5.41) is 3.14. The number of carbonyl (C=O) groups excluding carboxylic acids is 1. The summed E-state index contributed by atoms with van der Waals surface area (Å²) in [6, 6.07) is 4.99. The van der Waals surface area contributed by atoms with Crippen LogP contribution in [0.5, 0.6) is 0 Å². The third-order valence-corrected chi connectivity index (χ3v) is 6.55. The summed E-state index contributed by atoms with van der Waals surface area (Å²) in [4.78, 5) is 22.1. The van der Waals surface area contributed by atoms with Crippen LogP contribution in [0.25, 0.3) is 11.0 Å². The number of benzene rings is 1. The molecule has 0 aliphatic heterocycles. The molecule has 3 atom stereocenters. The lowest BCUT2D eigenvalue weighted by Gasteiger charge is -2.41. The molecule has 31 heavy (non-hydrogen) atoms. The van der Waals surface area contributed by atoms with Crippen molar-refractivity contribution in [2.75, 3.05) is 7.05 Å². The molecule has 0 unspecified atom stereocenters. The number of halogens is 3. The van der Waals surface area contributed by atoms with Crippen molar-refractivity contribution in [3.8, 4) is 0 Å². The van der Waals surface area contributed by atoms with Crippen LogP contribution in [-0.4, -0.2) is 45.9 Å². The first-order chi connectivity index (χ1) is 14.6. The molecule has 1 aromatic carbocycles. The van der Waals surface area contributed by atoms with Gasteiger partial charge in [0, 0.05) is 18.1 Å². The topological polar surface area (TPSA) is 61.0 Å². The van der Waals surface area contributed by atoms with Crippen LogP contribution in [0.4, 0.5) is 13.2 Å². The van der Waals surface area contributed by atoms with E-state index >= 15 is 0 Å². The third kappa shape index (κ3) is 5.59. The first-order valence-corrected chi connectivity index (χ1v) is 11.2. The Morgan fingerprint density at radius 2 is 2.06 bits per heavy atom. The Hall–Kier alpha value is -2.09. The van der Waals surface area contributed by atoms with Crippen LogP contribution in [-0.2, 0) is 17.4 Å². The number of fused-ring (bicyclic) bond motifs is 1. The standard InChI is InChI=1S/C23H33F3N4O/c1-5-7-15-12-16(30(4)14(2)3)10-11-18(15)28-21(31)13-20-27-19-9-6-8-17(22(19)29-20)23(24,25)26/h6,8-9,14-16,18H,5,7,10-13H2,1-4H3,(H,27,29)(H,28,31)/t15-,16+,18+/m1/s1. The lowest BCUT2D eigenvalue weighted by atomic mass is 9.78. The first kappa shape index (κ1) is 23.6. The quantitative estimate of drug-likeness (QED) is 0.645. The predicted molar refractivity (Wildman–Crippen MR) is 116 cm³/mol. The van der Waals surface area contributed by atoms with Gasteiger partial charge in [-0.15, -0.1) is 0 Å². The van der Waals surface area contributed by atoms with E-state index in [-0.39, 0.29) is 29.7 Å². The van der Waals surface area contributed by atoms with Crippen LogP contribution in [0.1, 0.15) is 64.3 Å². The summed E-state index contributed by atoms with van der Waals surface area (Å²) in [5.41, 5.74) is -0.638. The van der Waals surface area contributed by atoms with Gasteiger partial charge in [0.2, 0.25) is 5.91 Å². The molecule has 5 nitrogen and oxygen atoms in total. The highest BCUT2D eigenvalue weighted by Gasteiger charge is 2.35. The highest BCUT2D eigenvalue weighted by molar-refractivity contribution is 5.82. The number of aromatic amines is 1. The zero-order valence-corrected chi connectivity index (χ0v) is 18.7. The highest BCUT2D eigenvalue weighted by Crippen LogP contribution is 2.34. The molecule has 2 N–H and O–H groups in total. The fourth-order valence-corrected chi connectivity index (χ4v) is 4.72. The maximum absolute atomic E-state index is 13.2. The number of aromatic nitrogens is 2. The van der Waals surface area contributed by atoms with Crippen molar-refractivity contribution >= 4 is 16.9 Å². The molecule has 0 saturated heterocycles. The Bertz CT molecular complexity index is 893. The van der Waals surface area contributed by atoms with Gasteiger partial charge in [-0.2, -0.15) is 13.2 Å². The molecule has 1 fully saturated rings. The number of H-pyrrole nitrogens is 1. The van der Waals surface area contributed by atoms with Gasteiger partial charge >= 0.3 is 6.18 Å². The van der Waals surface area contributed by atoms with Crippen LogP contribution in [0.3, 0.4) is 0 Å². The van der Waals surface area contributed by atoms with Crippen LogP contribution < -0.4 is 5.32 Å². The van der Waals surface area contributed by atoms with Crippen molar-refractivity contribution in [1.29, 1.82) is 0 Å². The van der Waals surface area contributed by atoms with Gasteiger partial charge in [-0.05, 0) is 64.6 Å². The van der Waals surface area contributed by atoms with Gasteiger partial charge in [0.05, 0.1) is 17.5 Å². The molecule has 1 aliphatic rings. The normalized spacial score (nSPS) is 22.4. The van der Waals surface area contributed by atoms with Gasteiger partial charge in [-0.25, -0.2) is 4.98 Å². The smallest absolute Gasteiger partial charge is 0.353 e. The third-order valence-electron chi connectivity index (χ3n) is 6.55. The van der Waals surface area contributed by atoms with Gasteiger partial charge < -0.3 is 15.2 Å². The van der Waals surface area contributed by atoms with Crippen LogP contribution >= 0.6 is 0 Å². The molecule has 3 rings (SSSR count). The summed E-state index contributed by atoms with van der Waals surface area (Å²) < 4.78 is 39.6. The number of alkyl halides is 3. The van der Waals surface area contributed by atoms with Crippen LogP contribution in [0, 0.1) is 5.92 Å². The molecular formula is C23H33F3N4O. The van der Waals surface area contributed by atoms with Gasteiger partial charge in [0.1, 0.15) is 11.3 Å². The molecule has 0 spiro atoms. The van der Waals surface area contributed by atoms with Crippen LogP contribution in [0.15, 0.2) is 18.2 Å². The minimum absolute atomic E-state index is 0.0589. The average Bonchev–Trinajstić information content (AvgIpc) is 3.10. The zero-order chi connectivity index (χ0) is 22.8. The van der Waals surface area contributed by atoms with E-state index < -0.39 is 11.7 Å². The number of rotatable bonds is 7. The number of para-hydroxylation sites is 1. The van der Waals surface area contributed by atoms with E-state index in [1.54, 1.807) is 6.07 Å². The van der Waals surface area contributed by atoms with Crippen LogP contribution in [0.2, 0.25) is 0 Å². The van der Waals surface area contributed by atoms with Gasteiger partial charge in [0.15, 0.2) is 0 Å². The minimum atomic E-state index is -4.48. The number of amides is 1. The fourth-order valence-electron chi connectivity index (χ4n) is 4.72. The lowest BCUT2D eigenvalue weighted by molar-refractivity contribution is -0.136. The molecule has 0 radical (unpaired) electrons. The molecule has 1 aromatic heterocycles. The van der Waals surface area contributed by atoms with E-state index in [1.807, 2.05) is 0 Å². The van der Waals surface area contributed by atoms with E-state index in [0.29, 0.717) is 23.5 Å². The largest absolute Gasteiger partial charge is 0.418 e. The number of carbonyl (C=O) groups is 1. The second kappa shape index (κ2) is 9.59. The molecular weight excluding hydrogens is 405 g/mol. The van der Waals surface area contributed by atoms with E-state index in [1.165, 1.54) is 6.07 Å². The first-order valence-electron chi connectivity index (χ1n) is 11.2. The molecule has 172 valence electrons. The summed E-state index contributed by atoms with van der Waals surface area (Å²) in [6.45, 7) is 6.54. The second-order valence-corrected chi connectivity index (χ2v) is 9.01. The Morgan fingerprint density at radius 1 is 1.32 bits per heavy atom. The maximum atomic E-state index is 13.2. The van der Waals surface area contributed by atoms with Gasteiger partial charge in [0.25, 0.3) is 0 Å². The number of hydrogen-bond acceptors (Lipinski definition) is 3. The van der Waals surface area contributed by atoms with Crippen molar-refractivity contribution in [2.45, 2.75) is 83.6 Å². The summed E-state index contributed by atoms with van der Waals surface area (Å²) >= 11 is 0. The average molecular weight is 439 g/mol. The van der Waals surface area contributed by atoms with Gasteiger partial charge in [-0.1, -0.05) is 19.4 Å². The molecule has 1 aliphatic carbocycles.